The minimum atomic E-state index is -0.0306. The van der Waals surface area contributed by atoms with Crippen molar-refractivity contribution in [3.8, 4) is 11.8 Å². The highest BCUT2D eigenvalue weighted by Gasteiger charge is 2.26. The highest BCUT2D eigenvalue weighted by atomic mass is 16.5. The maximum absolute atomic E-state index is 11.7. The average Bonchev–Trinajstić information content (AvgIpc) is 2.88. The summed E-state index contributed by atoms with van der Waals surface area (Å²) in [6.45, 7) is 3.11. The predicted molar refractivity (Wildman–Crippen MR) is 69.0 cm³/mol. The Morgan fingerprint density at radius 2 is 2.16 bits per heavy atom. The summed E-state index contributed by atoms with van der Waals surface area (Å²) in [5.41, 5.74) is 0. The fourth-order valence-electron chi connectivity index (χ4n) is 1.92. The van der Waals surface area contributed by atoms with Gasteiger partial charge in [0.2, 0.25) is 17.7 Å². The molecule has 0 aliphatic carbocycles. The molecule has 2 heterocycles. The molecule has 0 spiro atoms. The van der Waals surface area contributed by atoms with Gasteiger partial charge in [-0.25, -0.2) is 0 Å². The summed E-state index contributed by atoms with van der Waals surface area (Å²) in [5.74, 6) is 0.921. The SMILES string of the molecule is C/C=C/C(=O)N1CC[C@@H](Oc2ccc(OC)nn2)C1. The van der Waals surface area contributed by atoms with Crippen LogP contribution in [-0.2, 0) is 4.79 Å². The van der Waals surface area contributed by atoms with Crippen LogP contribution in [0.3, 0.4) is 0 Å². The van der Waals surface area contributed by atoms with Gasteiger partial charge in [0.05, 0.1) is 13.7 Å². The zero-order valence-corrected chi connectivity index (χ0v) is 11.1. The lowest BCUT2D eigenvalue weighted by Gasteiger charge is -2.15. The van der Waals surface area contributed by atoms with Crippen LogP contribution in [0.15, 0.2) is 24.3 Å². The van der Waals surface area contributed by atoms with Crippen molar-refractivity contribution in [1.29, 1.82) is 0 Å². The van der Waals surface area contributed by atoms with Gasteiger partial charge in [0.15, 0.2) is 0 Å². The summed E-state index contributed by atoms with van der Waals surface area (Å²) in [5, 5.41) is 7.74. The van der Waals surface area contributed by atoms with Crippen LogP contribution in [-0.4, -0.2) is 47.3 Å². The van der Waals surface area contributed by atoms with E-state index in [1.54, 1.807) is 29.2 Å². The van der Waals surface area contributed by atoms with Crippen molar-refractivity contribution < 1.29 is 14.3 Å². The van der Waals surface area contributed by atoms with Crippen molar-refractivity contribution in [3.05, 3.63) is 24.3 Å². The third-order valence-corrected chi connectivity index (χ3v) is 2.88. The van der Waals surface area contributed by atoms with E-state index in [0.717, 1.165) is 6.42 Å². The number of ether oxygens (including phenoxy) is 2. The van der Waals surface area contributed by atoms with Gasteiger partial charge in [0, 0.05) is 25.1 Å². The Bertz CT molecular complexity index is 459. The first-order chi connectivity index (χ1) is 9.22. The molecule has 0 bridgehead atoms. The van der Waals surface area contributed by atoms with Gasteiger partial charge in [-0.3, -0.25) is 4.79 Å². The lowest BCUT2D eigenvalue weighted by molar-refractivity contribution is -0.125. The van der Waals surface area contributed by atoms with Gasteiger partial charge in [-0.05, 0) is 13.0 Å². The number of amides is 1. The van der Waals surface area contributed by atoms with Gasteiger partial charge in [-0.15, -0.1) is 10.2 Å². The minimum absolute atomic E-state index is 0.0226. The lowest BCUT2D eigenvalue weighted by Crippen LogP contribution is -2.29. The third-order valence-electron chi connectivity index (χ3n) is 2.88. The molecule has 0 radical (unpaired) electrons. The molecule has 0 aromatic carbocycles. The number of hydrogen-bond donors (Lipinski definition) is 0. The number of carbonyl (C=O) groups excluding carboxylic acids is 1. The third kappa shape index (κ3) is 3.43. The zero-order chi connectivity index (χ0) is 13.7. The second-order valence-corrected chi connectivity index (χ2v) is 4.23. The highest BCUT2D eigenvalue weighted by molar-refractivity contribution is 5.87. The summed E-state index contributed by atoms with van der Waals surface area (Å²) >= 11 is 0. The average molecular weight is 263 g/mol. The zero-order valence-electron chi connectivity index (χ0n) is 11.1. The number of carbonyl (C=O) groups is 1. The molecule has 0 saturated carbocycles. The van der Waals surface area contributed by atoms with Crippen LogP contribution in [0.25, 0.3) is 0 Å². The number of methoxy groups -OCH3 is 1. The molecule has 1 fully saturated rings. The molecule has 1 aromatic heterocycles. The molecular formula is C13H17N3O3. The number of hydrogen-bond acceptors (Lipinski definition) is 5. The van der Waals surface area contributed by atoms with E-state index in [0.29, 0.717) is 24.8 Å². The van der Waals surface area contributed by atoms with Gasteiger partial charge >= 0.3 is 0 Å². The second-order valence-electron chi connectivity index (χ2n) is 4.23. The van der Waals surface area contributed by atoms with Gasteiger partial charge < -0.3 is 14.4 Å². The molecule has 1 aromatic rings. The first-order valence-corrected chi connectivity index (χ1v) is 6.19. The molecule has 0 unspecified atom stereocenters. The van der Waals surface area contributed by atoms with E-state index in [4.69, 9.17) is 9.47 Å². The standard InChI is InChI=1S/C13H17N3O3/c1-3-4-13(17)16-8-7-10(9-16)19-12-6-5-11(18-2)14-15-12/h3-6,10H,7-9H2,1-2H3/b4-3+/t10-/m1/s1. The largest absolute Gasteiger partial charge is 0.480 e. The van der Waals surface area contributed by atoms with Gasteiger partial charge in [0.25, 0.3) is 0 Å². The molecule has 2 rings (SSSR count). The monoisotopic (exact) mass is 263 g/mol. The molecule has 1 amide bonds. The molecule has 6 heteroatoms. The van der Waals surface area contributed by atoms with E-state index in [9.17, 15) is 4.79 Å². The van der Waals surface area contributed by atoms with Crippen molar-refractivity contribution in [1.82, 2.24) is 15.1 Å². The van der Waals surface area contributed by atoms with Crippen molar-refractivity contribution in [2.45, 2.75) is 19.4 Å². The Morgan fingerprint density at radius 1 is 1.42 bits per heavy atom. The van der Waals surface area contributed by atoms with E-state index in [1.807, 2.05) is 6.92 Å². The normalized spacial score (nSPS) is 18.8. The van der Waals surface area contributed by atoms with Crippen molar-refractivity contribution >= 4 is 5.91 Å². The first-order valence-electron chi connectivity index (χ1n) is 6.19. The van der Waals surface area contributed by atoms with E-state index < -0.39 is 0 Å². The van der Waals surface area contributed by atoms with E-state index in [1.165, 1.54) is 7.11 Å². The molecule has 19 heavy (non-hydrogen) atoms. The fourth-order valence-corrected chi connectivity index (χ4v) is 1.92. The number of rotatable bonds is 4. The van der Waals surface area contributed by atoms with Crippen LogP contribution >= 0.6 is 0 Å². The fraction of sp³-hybridized carbons (Fsp3) is 0.462. The Labute approximate surface area is 112 Å². The molecular weight excluding hydrogens is 246 g/mol. The van der Waals surface area contributed by atoms with Crippen molar-refractivity contribution in [2.75, 3.05) is 20.2 Å². The molecule has 0 N–H and O–H groups in total. The Hall–Kier alpha value is -2.11. The molecule has 1 aliphatic rings. The number of likely N-dealkylation sites (tertiary alicyclic amines) is 1. The maximum atomic E-state index is 11.7. The predicted octanol–water partition coefficient (Wildman–Crippen LogP) is 1.04. The topological polar surface area (TPSA) is 64.6 Å². The molecule has 1 aliphatic heterocycles. The summed E-state index contributed by atoms with van der Waals surface area (Å²) < 4.78 is 10.6. The minimum Gasteiger partial charge on any atom is -0.480 e. The van der Waals surface area contributed by atoms with Crippen LogP contribution < -0.4 is 9.47 Å². The van der Waals surface area contributed by atoms with E-state index in [2.05, 4.69) is 10.2 Å². The number of allylic oxidation sites excluding steroid dienone is 1. The van der Waals surface area contributed by atoms with Crippen LogP contribution in [0.4, 0.5) is 0 Å². The van der Waals surface area contributed by atoms with Gasteiger partial charge in [0.1, 0.15) is 6.10 Å². The molecule has 1 atom stereocenters. The van der Waals surface area contributed by atoms with Crippen molar-refractivity contribution in [2.24, 2.45) is 0 Å². The maximum Gasteiger partial charge on any atom is 0.246 e. The Morgan fingerprint density at radius 3 is 2.79 bits per heavy atom. The van der Waals surface area contributed by atoms with Crippen LogP contribution in [0.2, 0.25) is 0 Å². The Kier molecular flexibility index (Phi) is 4.33. The van der Waals surface area contributed by atoms with Gasteiger partial charge in [-0.2, -0.15) is 0 Å². The number of aromatic nitrogens is 2. The first kappa shape index (κ1) is 13.3. The van der Waals surface area contributed by atoms with E-state index >= 15 is 0 Å². The van der Waals surface area contributed by atoms with Crippen LogP contribution in [0.5, 0.6) is 11.8 Å². The molecule has 1 saturated heterocycles. The summed E-state index contributed by atoms with van der Waals surface area (Å²) in [6.07, 6.45) is 4.08. The number of nitrogens with zero attached hydrogens (tertiary/aromatic N) is 3. The van der Waals surface area contributed by atoms with E-state index in [-0.39, 0.29) is 12.0 Å². The highest BCUT2D eigenvalue weighted by Crippen LogP contribution is 2.17. The summed E-state index contributed by atoms with van der Waals surface area (Å²) in [7, 11) is 1.53. The smallest absolute Gasteiger partial charge is 0.246 e. The molecule has 102 valence electrons. The van der Waals surface area contributed by atoms with Crippen LogP contribution in [0.1, 0.15) is 13.3 Å². The van der Waals surface area contributed by atoms with Crippen molar-refractivity contribution in [3.63, 3.8) is 0 Å². The summed E-state index contributed by atoms with van der Waals surface area (Å²) in [4.78, 5) is 13.4. The van der Waals surface area contributed by atoms with Gasteiger partial charge in [-0.1, -0.05) is 6.08 Å². The second kappa shape index (κ2) is 6.17. The Balaban J connectivity index is 1.89. The summed E-state index contributed by atoms with van der Waals surface area (Å²) in [6, 6.07) is 3.41. The van der Waals surface area contributed by atoms with Crippen LogP contribution in [0, 0.1) is 0 Å². The quantitative estimate of drug-likeness (QED) is 0.759. The molecule has 6 nitrogen and oxygen atoms in total. The lowest BCUT2D eigenvalue weighted by atomic mass is 10.3.